The molecule has 1 aromatic rings. The Hall–Kier alpha value is -0.480. The van der Waals surface area contributed by atoms with Gasteiger partial charge in [0.2, 0.25) is 0 Å². The molecule has 0 aromatic heterocycles. The first kappa shape index (κ1) is 14.6. The van der Waals surface area contributed by atoms with Gasteiger partial charge in [0.1, 0.15) is 0 Å². The Morgan fingerprint density at radius 1 is 1.29 bits per heavy atom. The summed E-state index contributed by atoms with van der Waals surface area (Å²) in [4.78, 5) is 1.20. The summed E-state index contributed by atoms with van der Waals surface area (Å²) in [5.41, 5.74) is 1.22. The lowest BCUT2D eigenvalue weighted by molar-refractivity contribution is -0.0670. The van der Waals surface area contributed by atoms with Crippen molar-refractivity contribution in [1.29, 1.82) is 0 Å². The summed E-state index contributed by atoms with van der Waals surface area (Å²) in [7, 11) is 3.26. The number of rotatable bonds is 6. The molecule has 0 heterocycles. The van der Waals surface area contributed by atoms with Crippen LogP contribution in [0.25, 0.3) is 0 Å². The fraction of sp³-hybridized carbons (Fsp3) is 0.385. The second-order valence-corrected chi connectivity index (χ2v) is 5.08. The molecule has 0 bridgehead atoms. The third-order valence-electron chi connectivity index (χ3n) is 2.17. The molecule has 2 nitrogen and oxygen atoms in total. The summed E-state index contributed by atoms with van der Waals surface area (Å²) in [6.45, 7) is 2.06. The molecular formula is C13H17ClO2S. The van der Waals surface area contributed by atoms with Crippen LogP contribution >= 0.6 is 23.4 Å². The summed E-state index contributed by atoms with van der Waals surface area (Å²) in [5, 5.41) is 0.764. The highest BCUT2D eigenvalue weighted by Gasteiger charge is 2.02. The van der Waals surface area contributed by atoms with Gasteiger partial charge in [-0.2, -0.15) is 0 Å². The number of methoxy groups -OCH3 is 2. The molecule has 0 saturated heterocycles. The summed E-state index contributed by atoms with van der Waals surface area (Å²) in [6, 6.07) is 7.83. The molecule has 0 aliphatic heterocycles. The Morgan fingerprint density at radius 3 is 2.41 bits per heavy atom. The minimum atomic E-state index is -0.263. The van der Waals surface area contributed by atoms with Crippen LogP contribution in [0.4, 0.5) is 0 Å². The van der Waals surface area contributed by atoms with Crippen molar-refractivity contribution < 1.29 is 9.47 Å². The molecule has 94 valence electrons. The van der Waals surface area contributed by atoms with E-state index in [0.717, 1.165) is 10.8 Å². The van der Waals surface area contributed by atoms with Crippen molar-refractivity contribution in [2.75, 3.05) is 20.0 Å². The minimum Gasteiger partial charge on any atom is -0.352 e. The molecule has 4 heteroatoms. The average molecular weight is 273 g/mol. The van der Waals surface area contributed by atoms with Crippen LogP contribution in [-0.2, 0) is 9.47 Å². The Bertz CT molecular complexity index is 358. The molecule has 0 saturated carbocycles. The topological polar surface area (TPSA) is 18.5 Å². The second-order valence-electron chi connectivity index (χ2n) is 3.60. The maximum atomic E-state index is 5.83. The van der Waals surface area contributed by atoms with Crippen LogP contribution in [0.5, 0.6) is 0 Å². The van der Waals surface area contributed by atoms with Gasteiger partial charge in [0.15, 0.2) is 6.29 Å². The molecular weight excluding hydrogens is 256 g/mol. The van der Waals surface area contributed by atoms with Crippen LogP contribution < -0.4 is 0 Å². The van der Waals surface area contributed by atoms with E-state index in [1.807, 2.05) is 30.3 Å². The molecule has 17 heavy (non-hydrogen) atoms. The number of ether oxygens (including phenoxy) is 2. The Labute approximate surface area is 112 Å². The predicted octanol–water partition coefficient (Wildman–Crippen LogP) is 4.00. The third kappa shape index (κ3) is 5.59. The van der Waals surface area contributed by atoms with Crippen molar-refractivity contribution in [3.63, 3.8) is 0 Å². The van der Waals surface area contributed by atoms with Gasteiger partial charge >= 0.3 is 0 Å². The van der Waals surface area contributed by atoms with Crippen LogP contribution in [0.2, 0.25) is 5.02 Å². The van der Waals surface area contributed by atoms with E-state index in [1.165, 1.54) is 10.5 Å². The van der Waals surface area contributed by atoms with Gasteiger partial charge in [0.25, 0.3) is 0 Å². The number of thioether (sulfide) groups is 1. The average Bonchev–Trinajstić information content (AvgIpc) is 2.35. The molecule has 1 rings (SSSR count). The largest absolute Gasteiger partial charge is 0.352 e. The zero-order valence-electron chi connectivity index (χ0n) is 10.3. The number of hydrogen-bond acceptors (Lipinski definition) is 3. The molecule has 0 aliphatic rings. The Balaban J connectivity index is 2.47. The van der Waals surface area contributed by atoms with Crippen molar-refractivity contribution in [3.8, 4) is 0 Å². The van der Waals surface area contributed by atoms with Crippen molar-refractivity contribution in [2.45, 2.75) is 18.1 Å². The van der Waals surface area contributed by atoms with Crippen molar-refractivity contribution in [3.05, 3.63) is 40.9 Å². The summed E-state index contributed by atoms with van der Waals surface area (Å²) < 4.78 is 10.2. The van der Waals surface area contributed by atoms with E-state index < -0.39 is 0 Å². The quantitative estimate of drug-likeness (QED) is 0.443. The molecule has 0 aliphatic carbocycles. The fourth-order valence-electron chi connectivity index (χ4n) is 1.24. The highest BCUT2D eigenvalue weighted by molar-refractivity contribution is 7.99. The molecule has 0 N–H and O–H groups in total. The maximum Gasteiger partial charge on any atom is 0.176 e. The van der Waals surface area contributed by atoms with E-state index in [0.29, 0.717) is 0 Å². The highest BCUT2D eigenvalue weighted by Crippen LogP contribution is 2.22. The van der Waals surface area contributed by atoms with E-state index in [-0.39, 0.29) is 6.29 Å². The molecule has 0 unspecified atom stereocenters. The first-order valence-corrected chi connectivity index (χ1v) is 6.63. The van der Waals surface area contributed by atoms with Crippen molar-refractivity contribution in [2.24, 2.45) is 0 Å². The van der Waals surface area contributed by atoms with E-state index in [4.69, 9.17) is 21.1 Å². The van der Waals surface area contributed by atoms with E-state index in [9.17, 15) is 0 Å². The standard InChI is InChI=1S/C13H17ClO2S/c1-10(8-13(15-2)16-3)9-17-12-6-4-11(14)5-7-12/h4-8,13H,9H2,1-3H3/b10-8+. The lowest BCUT2D eigenvalue weighted by Gasteiger charge is -2.10. The summed E-state index contributed by atoms with van der Waals surface area (Å²) in [5.74, 6) is 0.908. The lowest BCUT2D eigenvalue weighted by Crippen LogP contribution is -2.09. The fourth-order valence-corrected chi connectivity index (χ4v) is 2.19. The van der Waals surface area contributed by atoms with Gasteiger partial charge in [-0.15, -0.1) is 11.8 Å². The van der Waals surface area contributed by atoms with Gasteiger partial charge in [-0.25, -0.2) is 0 Å². The van der Waals surface area contributed by atoms with Gasteiger partial charge in [-0.1, -0.05) is 17.2 Å². The van der Waals surface area contributed by atoms with Crippen LogP contribution in [0.3, 0.4) is 0 Å². The monoisotopic (exact) mass is 272 g/mol. The van der Waals surface area contributed by atoms with Crippen molar-refractivity contribution in [1.82, 2.24) is 0 Å². The minimum absolute atomic E-state index is 0.263. The Kier molecular flexibility index (Phi) is 6.66. The Morgan fingerprint density at radius 2 is 1.88 bits per heavy atom. The van der Waals surface area contributed by atoms with Gasteiger partial charge in [0.05, 0.1) is 0 Å². The predicted molar refractivity (Wildman–Crippen MR) is 73.7 cm³/mol. The first-order chi connectivity index (χ1) is 8.15. The third-order valence-corrected chi connectivity index (χ3v) is 3.62. The summed E-state index contributed by atoms with van der Waals surface area (Å²) in [6.07, 6.45) is 1.71. The van der Waals surface area contributed by atoms with Crippen LogP contribution in [0, 0.1) is 0 Å². The maximum absolute atomic E-state index is 5.83. The number of halogens is 1. The molecule has 0 fully saturated rings. The van der Waals surface area contributed by atoms with Gasteiger partial charge in [-0.3, -0.25) is 0 Å². The second kappa shape index (κ2) is 7.77. The highest BCUT2D eigenvalue weighted by atomic mass is 35.5. The lowest BCUT2D eigenvalue weighted by atomic mass is 10.3. The normalized spacial score (nSPS) is 12.2. The van der Waals surface area contributed by atoms with Crippen molar-refractivity contribution >= 4 is 23.4 Å². The molecule has 0 atom stereocenters. The SMILES string of the molecule is COC(/C=C(\C)CSc1ccc(Cl)cc1)OC. The first-order valence-electron chi connectivity index (χ1n) is 5.27. The van der Waals surface area contributed by atoms with Gasteiger partial charge in [0, 0.05) is 29.9 Å². The molecule has 0 amide bonds. The smallest absolute Gasteiger partial charge is 0.176 e. The van der Waals surface area contributed by atoms with Crippen LogP contribution in [0.1, 0.15) is 6.92 Å². The zero-order valence-corrected chi connectivity index (χ0v) is 11.8. The van der Waals surface area contributed by atoms with E-state index in [1.54, 1.807) is 26.0 Å². The van der Waals surface area contributed by atoms with Crippen LogP contribution in [0.15, 0.2) is 40.8 Å². The van der Waals surface area contributed by atoms with Crippen LogP contribution in [-0.4, -0.2) is 26.3 Å². The summed E-state index contributed by atoms with van der Waals surface area (Å²) >= 11 is 7.59. The number of hydrogen-bond donors (Lipinski definition) is 0. The molecule has 0 radical (unpaired) electrons. The zero-order chi connectivity index (χ0) is 12.7. The molecule has 0 spiro atoms. The number of benzene rings is 1. The van der Waals surface area contributed by atoms with E-state index >= 15 is 0 Å². The van der Waals surface area contributed by atoms with Gasteiger partial charge in [-0.05, 0) is 37.3 Å². The molecule has 1 aromatic carbocycles. The van der Waals surface area contributed by atoms with E-state index in [2.05, 4.69) is 6.92 Å². The van der Waals surface area contributed by atoms with Gasteiger partial charge < -0.3 is 9.47 Å².